The van der Waals surface area contributed by atoms with Crippen molar-refractivity contribution in [3.63, 3.8) is 0 Å². The topological polar surface area (TPSA) is 118 Å². The predicted octanol–water partition coefficient (Wildman–Crippen LogP) is 1.85. The van der Waals surface area contributed by atoms with Crippen LogP contribution in [-0.4, -0.2) is 30.6 Å². The molecule has 2 aliphatic heterocycles. The van der Waals surface area contributed by atoms with E-state index in [9.17, 15) is 14.4 Å². The molecule has 0 saturated carbocycles. The Morgan fingerprint density at radius 1 is 1.12 bits per heavy atom. The van der Waals surface area contributed by atoms with Gasteiger partial charge >= 0.3 is 11.7 Å². The number of aromatic amines is 1. The fourth-order valence-corrected chi connectivity index (χ4v) is 3.00. The molecule has 26 heavy (non-hydrogen) atoms. The van der Waals surface area contributed by atoms with Gasteiger partial charge in [-0.05, 0) is 49.9 Å². The molecule has 0 atom stereocenters. The van der Waals surface area contributed by atoms with Gasteiger partial charge in [0.25, 0.3) is 5.56 Å². The van der Waals surface area contributed by atoms with Crippen molar-refractivity contribution in [3.8, 4) is 11.5 Å². The van der Waals surface area contributed by atoms with Crippen molar-refractivity contribution < 1.29 is 9.90 Å². The third-order valence-corrected chi connectivity index (χ3v) is 4.50. The first-order chi connectivity index (χ1) is 12.4. The molecule has 0 radical (unpaired) electrons. The van der Waals surface area contributed by atoms with Crippen LogP contribution in [0.4, 0.5) is 0 Å². The van der Waals surface area contributed by atoms with Crippen molar-refractivity contribution in [2.75, 3.05) is 0 Å². The first-order valence-corrected chi connectivity index (χ1v) is 8.50. The standard InChI is InChI=1S/C18H20N4O4/c1-10-8-12-13(9-11(10)2)22(7-5-3-4-6-14(23)24)16-15(19-12)17(25)21-18(26)20-16/h8-9H,3-7H2,1-2H3,(H,23,24)(H,21,25,26). The highest BCUT2D eigenvalue weighted by Gasteiger charge is 2.18. The second-order valence-electron chi connectivity index (χ2n) is 6.44. The number of nitrogens with zero attached hydrogens (tertiary/aromatic N) is 3. The average molecular weight is 356 g/mol. The molecular formula is C18H20N4O4. The van der Waals surface area contributed by atoms with Crippen LogP contribution in [0.15, 0.2) is 21.7 Å². The van der Waals surface area contributed by atoms with Gasteiger partial charge in [-0.1, -0.05) is 6.42 Å². The summed E-state index contributed by atoms with van der Waals surface area (Å²) in [4.78, 5) is 45.0. The van der Waals surface area contributed by atoms with Gasteiger partial charge in [0.1, 0.15) is 0 Å². The molecule has 0 spiro atoms. The molecule has 0 aromatic heterocycles. The Bertz CT molecular complexity index is 1070. The number of unbranched alkanes of at least 4 members (excludes halogenated alkanes) is 2. The lowest BCUT2D eigenvalue weighted by atomic mass is 10.1. The van der Waals surface area contributed by atoms with E-state index in [1.165, 1.54) is 0 Å². The van der Waals surface area contributed by atoms with Crippen LogP contribution in [0, 0.1) is 13.8 Å². The number of fused-ring (bicyclic) bond motifs is 2. The summed E-state index contributed by atoms with van der Waals surface area (Å²) < 4.78 is 1.83. The summed E-state index contributed by atoms with van der Waals surface area (Å²) in [6, 6.07) is 3.89. The van der Waals surface area contributed by atoms with E-state index in [1.54, 1.807) is 0 Å². The van der Waals surface area contributed by atoms with E-state index in [0.29, 0.717) is 24.9 Å². The quantitative estimate of drug-likeness (QED) is 0.514. The van der Waals surface area contributed by atoms with E-state index in [-0.39, 0.29) is 17.9 Å². The van der Waals surface area contributed by atoms with E-state index in [1.807, 2.05) is 30.5 Å². The Labute approximate surface area is 148 Å². The maximum absolute atomic E-state index is 12.2. The molecule has 0 unspecified atom stereocenters. The van der Waals surface area contributed by atoms with Gasteiger partial charge < -0.3 is 9.67 Å². The average Bonchev–Trinajstić information content (AvgIpc) is 2.56. The molecule has 2 heterocycles. The zero-order valence-electron chi connectivity index (χ0n) is 14.7. The van der Waals surface area contributed by atoms with Crippen LogP contribution in [0.2, 0.25) is 0 Å². The lowest BCUT2D eigenvalue weighted by molar-refractivity contribution is -0.137. The van der Waals surface area contributed by atoms with E-state index in [4.69, 9.17) is 5.11 Å². The van der Waals surface area contributed by atoms with Crippen LogP contribution in [0.5, 0.6) is 0 Å². The molecule has 8 heteroatoms. The van der Waals surface area contributed by atoms with E-state index >= 15 is 0 Å². The molecule has 1 aromatic carbocycles. The molecule has 136 valence electrons. The molecule has 8 nitrogen and oxygen atoms in total. The predicted molar refractivity (Wildman–Crippen MR) is 96.6 cm³/mol. The summed E-state index contributed by atoms with van der Waals surface area (Å²) in [6.07, 6.45) is 2.14. The van der Waals surface area contributed by atoms with Crippen molar-refractivity contribution in [2.45, 2.75) is 46.1 Å². The number of H-pyrrole nitrogens is 1. The Hall–Kier alpha value is -3.03. The number of aliphatic carboxylic acids is 1. The summed E-state index contributed by atoms with van der Waals surface area (Å²) in [5.41, 5.74) is 2.47. The number of nitrogens with one attached hydrogen (secondary N) is 1. The third kappa shape index (κ3) is 3.49. The minimum absolute atomic E-state index is 0.128. The Morgan fingerprint density at radius 3 is 2.58 bits per heavy atom. The maximum Gasteiger partial charge on any atom is 0.349 e. The fraction of sp³-hybridized carbons (Fsp3) is 0.389. The number of carboxylic acids is 1. The van der Waals surface area contributed by atoms with Crippen LogP contribution in [0.3, 0.4) is 0 Å². The molecular weight excluding hydrogens is 336 g/mol. The Kier molecular flexibility index (Phi) is 4.83. The number of carboxylic acid groups (broad SMARTS) is 1. The zero-order chi connectivity index (χ0) is 18.8. The summed E-state index contributed by atoms with van der Waals surface area (Å²) >= 11 is 0. The van der Waals surface area contributed by atoms with Gasteiger partial charge in [-0.3, -0.25) is 14.6 Å². The first kappa shape index (κ1) is 17.8. The second kappa shape index (κ2) is 7.07. The van der Waals surface area contributed by atoms with Gasteiger partial charge in [-0.15, -0.1) is 0 Å². The van der Waals surface area contributed by atoms with Crippen molar-refractivity contribution >= 4 is 17.0 Å². The fourth-order valence-electron chi connectivity index (χ4n) is 3.00. The minimum Gasteiger partial charge on any atom is -0.481 e. The van der Waals surface area contributed by atoms with Crippen LogP contribution in [0.25, 0.3) is 22.6 Å². The molecule has 0 saturated heterocycles. The van der Waals surface area contributed by atoms with Gasteiger partial charge in [0.15, 0.2) is 11.5 Å². The van der Waals surface area contributed by atoms with E-state index < -0.39 is 17.2 Å². The highest BCUT2D eigenvalue weighted by Crippen LogP contribution is 2.24. The zero-order valence-corrected chi connectivity index (χ0v) is 14.7. The first-order valence-electron chi connectivity index (χ1n) is 8.50. The summed E-state index contributed by atoms with van der Waals surface area (Å²) in [5.74, 6) is -0.555. The third-order valence-electron chi connectivity index (χ3n) is 4.50. The Balaban J connectivity index is 2.09. The normalized spacial score (nSPS) is 11.3. The van der Waals surface area contributed by atoms with E-state index in [0.717, 1.165) is 23.1 Å². The van der Waals surface area contributed by atoms with E-state index in [2.05, 4.69) is 15.0 Å². The number of benzene rings is 1. The van der Waals surface area contributed by atoms with Gasteiger partial charge in [-0.2, -0.15) is 4.98 Å². The molecule has 0 fully saturated rings. The van der Waals surface area contributed by atoms with Crippen LogP contribution >= 0.6 is 0 Å². The molecule has 2 aliphatic rings. The summed E-state index contributed by atoms with van der Waals surface area (Å²) in [6.45, 7) is 4.48. The summed E-state index contributed by atoms with van der Waals surface area (Å²) in [7, 11) is 0. The van der Waals surface area contributed by atoms with Crippen molar-refractivity contribution in [2.24, 2.45) is 0 Å². The van der Waals surface area contributed by atoms with Gasteiger partial charge in [0.05, 0.1) is 11.0 Å². The SMILES string of the molecule is Cc1cc2nc3c(=O)[nH]c(=O)nc-3n(CCCCCC(=O)O)c2cc1C. The van der Waals surface area contributed by atoms with Gasteiger partial charge in [-0.25, -0.2) is 9.78 Å². The summed E-state index contributed by atoms with van der Waals surface area (Å²) in [5, 5.41) is 8.73. The molecule has 1 aromatic rings. The second-order valence-corrected chi connectivity index (χ2v) is 6.44. The van der Waals surface area contributed by atoms with Gasteiger partial charge in [0.2, 0.25) is 0 Å². The molecule has 3 rings (SSSR count). The van der Waals surface area contributed by atoms with Crippen molar-refractivity contribution in [1.82, 2.24) is 19.5 Å². The number of rotatable bonds is 6. The number of aromatic nitrogens is 4. The lowest BCUT2D eigenvalue weighted by Crippen LogP contribution is -2.29. The number of hydrogen-bond acceptors (Lipinski definition) is 5. The highest BCUT2D eigenvalue weighted by atomic mass is 16.4. The Morgan fingerprint density at radius 2 is 1.85 bits per heavy atom. The molecule has 0 bridgehead atoms. The van der Waals surface area contributed by atoms with Gasteiger partial charge in [0, 0.05) is 13.0 Å². The van der Waals surface area contributed by atoms with Crippen molar-refractivity contribution in [3.05, 3.63) is 44.1 Å². The smallest absolute Gasteiger partial charge is 0.349 e. The van der Waals surface area contributed by atoms with Crippen LogP contribution < -0.4 is 11.2 Å². The monoisotopic (exact) mass is 356 g/mol. The molecule has 0 aliphatic carbocycles. The minimum atomic E-state index is -0.812. The molecule has 0 amide bonds. The lowest BCUT2D eigenvalue weighted by Gasteiger charge is -2.17. The number of carbonyl (C=O) groups is 1. The van der Waals surface area contributed by atoms with Crippen LogP contribution in [0.1, 0.15) is 36.8 Å². The molecule has 2 N–H and O–H groups in total. The highest BCUT2D eigenvalue weighted by molar-refractivity contribution is 5.81. The van der Waals surface area contributed by atoms with Crippen molar-refractivity contribution in [1.29, 1.82) is 0 Å². The number of hydrogen-bond donors (Lipinski definition) is 2. The maximum atomic E-state index is 12.2. The van der Waals surface area contributed by atoms with Crippen LogP contribution in [-0.2, 0) is 11.3 Å². The number of aryl methyl sites for hydroxylation is 3. The largest absolute Gasteiger partial charge is 0.481 e.